The molecular weight excluding hydrogens is 298 g/mol. The predicted molar refractivity (Wildman–Crippen MR) is 83.8 cm³/mol. The van der Waals surface area contributed by atoms with Gasteiger partial charge in [0.2, 0.25) is 11.8 Å². The van der Waals surface area contributed by atoms with Gasteiger partial charge in [-0.2, -0.15) is 0 Å². The van der Waals surface area contributed by atoms with Crippen LogP contribution in [-0.2, 0) is 17.7 Å². The highest BCUT2D eigenvalue weighted by atomic mass is 32.1. The highest BCUT2D eigenvalue weighted by molar-refractivity contribution is 7.10. The van der Waals surface area contributed by atoms with Crippen molar-refractivity contribution in [1.82, 2.24) is 15.1 Å². The van der Waals surface area contributed by atoms with Crippen LogP contribution in [0.2, 0.25) is 0 Å². The van der Waals surface area contributed by atoms with Crippen LogP contribution in [0.3, 0.4) is 0 Å². The van der Waals surface area contributed by atoms with Crippen LogP contribution in [0, 0.1) is 19.8 Å². The van der Waals surface area contributed by atoms with Crippen LogP contribution in [0.4, 0.5) is 0 Å². The van der Waals surface area contributed by atoms with Gasteiger partial charge in [-0.3, -0.25) is 4.90 Å². The second-order valence-corrected chi connectivity index (χ2v) is 7.43. The quantitative estimate of drug-likeness (QED) is 0.867. The highest BCUT2D eigenvalue weighted by Gasteiger charge is 2.42. The zero-order valence-electron chi connectivity index (χ0n) is 13.0. The van der Waals surface area contributed by atoms with Crippen LogP contribution in [0.25, 0.3) is 0 Å². The number of rotatable bonds is 4. The van der Waals surface area contributed by atoms with Crippen molar-refractivity contribution in [3.8, 4) is 0 Å². The summed E-state index contributed by atoms with van der Waals surface area (Å²) < 4.78 is 11.7. The van der Waals surface area contributed by atoms with Crippen LogP contribution in [0.15, 0.2) is 15.9 Å². The topological polar surface area (TPSA) is 51.4 Å². The molecule has 2 aliphatic rings. The fourth-order valence-corrected chi connectivity index (χ4v) is 4.54. The Balaban J connectivity index is 1.31. The minimum Gasteiger partial charge on any atom is -0.426 e. The van der Waals surface area contributed by atoms with E-state index in [1.807, 2.05) is 18.3 Å². The van der Waals surface area contributed by atoms with Gasteiger partial charge in [0.15, 0.2) is 0 Å². The Labute approximate surface area is 134 Å². The van der Waals surface area contributed by atoms with E-state index in [2.05, 4.69) is 33.5 Å². The van der Waals surface area contributed by atoms with Crippen molar-refractivity contribution in [2.24, 2.45) is 5.92 Å². The van der Waals surface area contributed by atoms with Gasteiger partial charge in [-0.15, -0.1) is 21.5 Å². The van der Waals surface area contributed by atoms with Gasteiger partial charge in [0, 0.05) is 37.4 Å². The molecule has 0 aliphatic carbocycles. The van der Waals surface area contributed by atoms with E-state index < -0.39 is 0 Å². The highest BCUT2D eigenvalue weighted by Crippen LogP contribution is 2.35. The summed E-state index contributed by atoms with van der Waals surface area (Å²) in [5, 5.41) is 10.1. The predicted octanol–water partition coefficient (Wildman–Crippen LogP) is 2.58. The lowest BCUT2D eigenvalue weighted by molar-refractivity contribution is 0.0350. The largest absolute Gasteiger partial charge is 0.426 e. The summed E-state index contributed by atoms with van der Waals surface area (Å²) in [5.74, 6) is 1.98. The van der Waals surface area contributed by atoms with Gasteiger partial charge in [-0.1, -0.05) is 0 Å². The summed E-state index contributed by atoms with van der Waals surface area (Å²) in [6.07, 6.45) is 2.46. The van der Waals surface area contributed by atoms with Gasteiger partial charge in [0.1, 0.15) is 0 Å². The molecule has 22 heavy (non-hydrogen) atoms. The zero-order chi connectivity index (χ0) is 15.1. The molecule has 0 aromatic carbocycles. The van der Waals surface area contributed by atoms with Crippen molar-refractivity contribution in [2.75, 3.05) is 13.1 Å². The van der Waals surface area contributed by atoms with E-state index in [0.29, 0.717) is 23.8 Å². The molecule has 118 valence electrons. The van der Waals surface area contributed by atoms with Crippen molar-refractivity contribution in [3.05, 3.63) is 33.7 Å². The van der Waals surface area contributed by atoms with Crippen LogP contribution in [-0.4, -0.2) is 40.4 Å². The fourth-order valence-electron chi connectivity index (χ4n) is 3.59. The van der Waals surface area contributed by atoms with Gasteiger partial charge in [0.05, 0.1) is 18.6 Å². The SMILES string of the molecule is Cc1nnc(C[C@@H]2C[C@H]3CN(Cc4sccc4C)C[C@H]3O2)o1. The van der Waals surface area contributed by atoms with Crippen molar-refractivity contribution >= 4 is 11.3 Å². The molecule has 0 spiro atoms. The molecule has 0 unspecified atom stereocenters. The second kappa shape index (κ2) is 5.76. The lowest BCUT2D eigenvalue weighted by atomic mass is 10.0. The van der Waals surface area contributed by atoms with Crippen molar-refractivity contribution in [3.63, 3.8) is 0 Å². The molecule has 2 aromatic rings. The van der Waals surface area contributed by atoms with E-state index in [1.54, 1.807) is 0 Å². The normalized spacial score (nSPS) is 28.4. The Morgan fingerprint density at radius 3 is 2.91 bits per heavy atom. The molecule has 5 nitrogen and oxygen atoms in total. The lowest BCUT2D eigenvalue weighted by Gasteiger charge is -2.18. The minimum absolute atomic E-state index is 0.237. The number of thiophene rings is 1. The van der Waals surface area contributed by atoms with Crippen LogP contribution < -0.4 is 0 Å². The number of aromatic nitrogens is 2. The van der Waals surface area contributed by atoms with Crippen molar-refractivity contribution in [1.29, 1.82) is 0 Å². The molecular formula is C16H21N3O2S. The summed E-state index contributed by atoms with van der Waals surface area (Å²) in [4.78, 5) is 4.01. The molecule has 0 bridgehead atoms. The summed E-state index contributed by atoms with van der Waals surface area (Å²) in [7, 11) is 0. The van der Waals surface area contributed by atoms with Gasteiger partial charge in [-0.25, -0.2) is 0 Å². The molecule has 0 saturated carbocycles. The maximum absolute atomic E-state index is 6.21. The van der Waals surface area contributed by atoms with Gasteiger partial charge in [-0.05, 0) is 30.4 Å². The number of hydrogen-bond donors (Lipinski definition) is 0. The Morgan fingerprint density at radius 1 is 1.32 bits per heavy atom. The lowest BCUT2D eigenvalue weighted by Crippen LogP contribution is -2.25. The van der Waals surface area contributed by atoms with Crippen molar-refractivity contribution < 1.29 is 9.15 Å². The third-order valence-electron chi connectivity index (χ3n) is 4.70. The Hall–Kier alpha value is -1.24. The number of likely N-dealkylation sites (tertiary alicyclic amines) is 1. The average Bonchev–Trinajstić information content (AvgIpc) is 3.19. The molecule has 2 aromatic heterocycles. The molecule has 6 heteroatoms. The number of nitrogens with zero attached hydrogens (tertiary/aromatic N) is 3. The van der Waals surface area contributed by atoms with Gasteiger partial charge >= 0.3 is 0 Å². The molecule has 0 radical (unpaired) electrons. The number of ether oxygens (including phenoxy) is 1. The van der Waals surface area contributed by atoms with Crippen LogP contribution >= 0.6 is 11.3 Å². The first-order valence-electron chi connectivity index (χ1n) is 7.87. The van der Waals surface area contributed by atoms with E-state index in [-0.39, 0.29) is 6.10 Å². The van der Waals surface area contributed by atoms with E-state index in [0.717, 1.165) is 32.5 Å². The minimum atomic E-state index is 0.237. The smallest absolute Gasteiger partial charge is 0.219 e. The summed E-state index contributed by atoms with van der Waals surface area (Å²) >= 11 is 1.86. The maximum atomic E-state index is 6.21. The Kier molecular flexibility index (Phi) is 3.76. The van der Waals surface area contributed by atoms with Gasteiger partial charge < -0.3 is 9.15 Å². The standard InChI is InChI=1S/C16H21N3O2S/c1-10-3-4-22-15(10)9-19-7-12-5-13(21-14(12)8-19)6-16-18-17-11(2)20-16/h3-4,12-14H,5-9H2,1-2H3/t12-,13-,14+/m0/s1. The average molecular weight is 319 g/mol. The van der Waals surface area contributed by atoms with Crippen molar-refractivity contribution in [2.45, 2.75) is 45.4 Å². The second-order valence-electron chi connectivity index (χ2n) is 6.43. The Bertz CT molecular complexity index is 639. The van der Waals surface area contributed by atoms with Crippen LogP contribution in [0.1, 0.15) is 28.6 Å². The molecule has 4 heterocycles. The third kappa shape index (κ3) is 2.83. The van der Waals surface area contributed by atoms with E-state index in [9.17, 15) is 0 Å². The fraction of sp³-hybridized carbons (Fsp3) is 0.625. The van der Waals surface area contributed by atoms with E-state index in [1.165, 1.54) is 10.4 Å². The van der Waals surface area contributed by atoms with Crippen LogP contribution in [0.5, 0.6) is 0 Å². The third-order valence-corrected chi connectivity index (χ3v) is 5.70. The first-order chi connectivity index (χ1) is 10.7. The molecule has 0 amide bonds. The van der Waals surface area contributed by atoms with E-state index >= 15 is 0 Å². The summed E-state index contributed by atoms with van der Waals surface area (Å²) in [6, 6.07) is 2.20. The zero-order valence-corrected chi connectivity index (χ0v) is 13.8. The monoisotopic (exact) mass is 319 g/mol. The molecule has 2 aliphatic heterocycles. The first kappa shape index (κ1) is 14.4. The molecule has 3 atom stereocenters. The molecule has 4 rings (SSSR count). The first-order valence-corrected chi connectivity index (χ1v) is 8.75. The number of fused-ring (bicyclic) bond motifs is 1. The van der Waals surface area contributed by atoms with E-state index in [4.69, 9.17) is 9.15 Å². The van der Waals surface area contributed by atoms with Gasteiger partial charge in [0.25, 0.3) is 0 Å². The Morgan fingerprint density at radius 2 is 2.23 bits per heavy atom. The number of hydrogen-bond acceptors (Lipinski definition) is 6. The summed E-state index contributed by atoms with van der Waals surface area (Å²) in [5.41, 5.74) is 1.41. The maximum Gasteiger partial charge on any atom is 0.219 e. The summed E-state index contributed by atoms with van der Waals surface area (Å²) in [6.45, 7) is 7.27. The number of aryl methyl sites for hydroxylation is 2. The molecule has 2 saturated heterocycles. The molecule has 0 N–H and O–H groups in total. The molecule has 2 fully saturated rings.